The fourth-order valence-electron chi connectivity index (χ4n) is 2.63. The molecule has 0 unspecified atom stereocenters. The van der Waals surface area contributed by atoms with Crippen LogP contribution in [0.2, 0.25) is 0 Å². The minimum atomic E-state index is -1.01. The van der Waals surface area contributed by atoms with Gasteiger partial charge in [-0.25, -0.2) is 4.79 Å². The van der Waals surface area contributed by atoms with Gasteiger partial charge in [0, 0.05) is 13.1 Å². The van der Waals surface area contributed by atoms with Crippen molar-refractivity contribution in [1.29, 1.82) is 0 Å². The number of carbonyl (C=O) groups is 3. The van der Waals surface area contributed by atoms with E-state index in [2.05, 4.69) is 10.6 Å². The molecule has 0 spiro atoms. The second-order valence-electron chi connectivity index (χ2n) is 5.15. The topological polar surface area (TPSA) is 119 Å². The molecule has 0 aliphatic carbocycles. The molecule has 2 saturated heterocycles. The average Bonchev–Trinajstić information content (AvgIpc) is 3.03. The van der Waals surface area contributed by atoms with Crippen LogP contribution in [0.4, 0.5) is 0 Å². The lowest BCUT2D eigenvalue weighted by Crippen LogP contribution is -2.48. The van der Waals surface area contributed by atoms with Gasteiger partial charge in [0.05, 0.1) is 18.7 Å². The van der Waals surface area contributed by atoms with Crippen molar-refractivity contribution < 1.29 is 24.6 Å². The number of carboxylic acids is 1. The second kappa shape index (κ2) is 6.19. The van der Waals surface area contributed by atoms with Gasteiger partial charge in [0.2, 0.25) is 11.8 Å². The van der Waals surface area contributed by atoms with Crippen molar-refractivity contribution in [3.05, 3.63) is 0 Å². The van der Waals surface area contributed by atoms with E-state index in [1.165, 1.54) is 4.90 Å². The van der Waals surface area contributed by atoms with Gasteiger partial charge in [0.1, 0.15) is 6.04 Å². The Morgan fingerprint density at radius 3 is 2.70 bits per heavy atom. The number of amides is 2. The highest BCUT2D eigenvalue weighted by atomic mass is 16.4. The molecule has 2 aliphatic heterocycles. The molecule has 2 fully saturated rings. The van der Waals surface area contributed by atoms with E-state index >= 15 is 0 Å². The number of hydrogen-bond acceptors (Lipinski definition) is 5. The predicted octanol–water partition coefficient (Wildman–Crippen LogP) is -2.10. The Bertz CT molecular complexity index is 414. The van der Waals surface area contributed by atoms with Crippen LogP contribution in [0, 0.1) is 0 Å². The Kier molecular flexibility index (Phi) is 4.56. The summed E-state index contributed by atoms with van der Waals surface area (Å²) in [6.07, 6.45) is 0.885. The van der Waals surface area contributed by atoms with Crippen LogP contribution < -0.4 is 10.6 Å². The summed E-state index contributed by atoms with van der Waals surface area (Å²) >= 11 is 0. The lowest BCUT2D eigenvalue weighted by atomic mass is 10.2. The van der Waals surface area contributed by atoms with Gasteiger partial charge in [-0.05, 0) is 19.3 Å². The maximum atomic E-state index is 11.9. The maximum Gasteiger partial charge on any atom is 0.326 e. The SMILES string of the molecule is O=C(NCC(=O)N1CCC[C@H]1C(=O)O)[C@@H]1C[C@@H](O)CN1. The first-order valence-corrected chi connectivity index (χ1v) is 6.70. The third-order valence-corrected chi connectivity index (χ3v) is 3.70. The number of carboxylic acid groups (broad SMARTS) is 1. The van der Waals surface area contributed by atoms with Gasteiger partial charge in [-0.3, -0.25) is 9.59 Å². The minimum absolute atomic E-state index is 0.211. The molecule has 8 heteroatoms. The number of nitrogens with zero attached hydrogens (tertiary/aromatic N) is 1. The number of carbonyl (C=O) groups excluding carboxylic acids is 2. The number of β-amino-alcohol motifs (C(OH)–C–C–N with tert-alkyl or cyclic N) is 1. The minimum Gasteiger partial charge on any atom is -0.480 e. The third-order valence-electron chi connectivity index (χ3n) is 3.70. The molecular weight excluding hydrogens is 266 g/mol. The molecule has 2 aliphatic rings. The highest BCUT2D eigenvalue weighted by Gasteiger charge is 2.34. The van der Waals surface area contributed by atoms with Crippen LogP contribution in [0.15, 0.2) is 0 Å². The first-order valence-electron chi connectivity index (χ1n) is 6.70. The highest BCUT2D eigenvalue weighted by Crippen LogP contribution is 2.17. The molecule has 0 bridgehead atoms. The first-order chi connectivity index (χ1) is 9.49. The lowest BCUT2D eigenvalue weighted by Gasteiger charge is -2.22. The van der Waals surface area contributed by atoms with Crippen molar-refractivity contribution in [3.63, 3.8) is 0 Å². The van der Waals surface area contributed by atoms with Crippen molar-refractivity contribution in [1.82, 2.24) is 15.5 Å². The Hall–Kier alpha value is -1.67. The fraction of sp³-hybridized carbons (Fsp3) is 0.750. The summed E-state index contributed by atoms with van der Waals surface area (Å²) in [5.41, 5.74) is 0. The number of aliphatic hydroxyl groups excluding tert-OH is 1. The number of rotatable bonds is 4. The number of nitrogens with one attached hydrogen (secondary N) is 2. The van der Waals surface area contributed by atoms with Crippen LogP contribution >= 0.6 is 0 Å². The average molecular weight is 285 g/mol. The van der Waals surface area contributed by atoms with E-state index < -0.39 is 24.2 Å². The van der Waals surface area contributed by atoms with Crippen molar-refractivity contribution in [2.75, 3.05) is 19.6 Å². The highest BCUT2D eigenvalue weighted by molar-refractivity contribution is 5.90. The Morgan fingerprint density at radius 1 is 1.35 bits per heavy atom. The van der Waals surface area contributed by atoms with Crippen LogP contribution in [-0.4, -0.2) is 70.7 Å². The molecule has 8 nitrogen and oxygen atoms in total. The van der Waals surface area contributed by atoms with E-state index in [1.54, 1.807) is 0 Å². The van der Waals surface area contributed by atoms with Crippen molar-refractivity contribution in [2.24, 2.45) is 0 Å². The molecule has 0 saturated carbocycles. The summed E-state index contributed by atoms with van der Waals surface area (Å²) in [6.45, 7) is 0.558. The summed E-state index contributed by atoms with van der Waals surface area (Å²) in [5, 5.41) is 23.6. The number of hydrogen-bond donors (Lipinski definition) is 4. The van der Waals surface area contributed by atoms with Gasteiger partial charge < -0.3 is 25.7 Å². The van der Waals surface area contributed by atoms with Crippen LogP contribution in [0.25, 0.3) is 0 Å². The molecule has 2 rings (SSSR count). The van der Waals surface area contributed by atoms with Gasteiger partial charge in [-0.15, -0.1) is 0 Å². The van der Waals surface area contributed by atoms with Crippen molar-refractivity contribution in [2.45, 2.75) is 37.5 Å². The van der Waals surface area contributed by atoms with Crippen LogP contribution in [0.1, 0.15) is 19.3 Å². The van der Waals surface area contributed by atoms with E-state index in [4.69, 9.17) is 5.11 Å². The molecule has 0 aromatic rings. The van der Waals surface area contributed by atoms with E-state index in [9.17, 15) is 19.5 Å². The standard InChI is InChI=1S/C12H19N3O5/c16-7-4-8(13-5-7)11(18)14-6-10(17)15-3-1-2-9(15)12(19)20/h7-9,13,16H,1-6H2,(H,14,18)(H,19,20)/t7-,8+,9+/m1/s1. The van der Waals surface area contributed by atoms with Crippen LogP contribution in [0.5, 0.6) is 0 Å². The van der Waals surface area contributed by atoms with E-state index in [0.29, 0.717) is 32.4 Å². The zero-order chi connectivity index (χ0) is 14.7. The summed E-state index contributed by atoms with van der Waals surface area (Å²) < 4.78 is 0. The van der Waals surface area contributed by atoms with Gasteiger partial charge in [-0.1, -0.05) is 0 Å². The molecule has 20 heavy (non-hydrogen) atoms. The zero-order valence-electron chi connectivity index (χ0n) is 11.0. The third kappa shape index (κ3) is 3.26. The van der Waals surface area contributed by atoms with Crippen molar-refractivity contribution in [3.8, 4) is 0 Å². The molecule has 112 valence electrons. The van der Waals surface area contributed by atoms with Gasteiger partial charge in [-0.2, -0.15) is 0 Å². The summed E-state index contributed by atoms with van der Waals surface area (Å²) in [6, 6.07) is -1.28. The molecule has 2 heterocycles. The molecule has 4 N–H and O–H groups in total. The smallest absolute Gasteiger partial charge is 0.326 e. The van der Waals surface area contributed by atoms with Gasteiger partial charge >= 0.3 is 5.97 Å². The van der Waals surface area contributed by atoms with Gasteiger partial charge in [0.15, 0.2) is 0 Å². The monoisotopic (exact) mass is 285 g/mol. The molecular formula is C12H19N3O5. The van der Waals surface area contributed by atoms with E-state index in [1.807, 2.05) is 0 Å². The molecule has 2 amide bonds. The largest absolute Gasteiger partial charge is 0.480 e. The van der Waals surface area contributed by atoms with E-state index in [-0.39, 0.29) is 18.4 Å². The zero-order valence-corrected chi connectivity index (χ0v) is 11.0. The normalized spacial score (nSPS) is 29.4. The van der Waals surface area contributed by atoms with Gasteiger partial charge in [0.25, 0.3) is 0 Å². The number of aliphatic hydroxyl groups is 1. The van der Waals surface area contributed by atoms with E-state index in [0.717, 1.165) is 0 Å². The summed E-state index contributed by atoms with van der Waals surface area (Å²) in [5.74, 6) is -1.74. The molecule has 3 atom stereocenters. The molecule has 0 radical (unpaired) electrons. The Labute approximate surface area is 116 Å². The first kappa shape index (κ1) is 14.7. The lowest BCUT2D eigenvalue weighted by molar-refractivity contribution is -0.148. The second-order valence-corrected chi connectivity index (χ2v) is 5.15. The summed E-state index contributed by atoms with van der Waals surface area (Å²) in [4.78, 5) is 35.9. The van der Waals surface area contributed by atoms with Crippen molar-refractivity contribution >= 4 is 17.8 Å². The molecule has 0 aromatic heterocycles. The number of likely N-dealkylation sites (tertiary alicyclic amines) is 1. The Balaban J connectivity index is 1.80. The van der Waals surface area contributed by atoms with Crippen LogP contribution in [-0.2, 0) is 14.4 Å². The van der Waals surface area contributed by atoms with Crippen LogP contribution in [0.3, 0.4) is 0 Å². The Morgan fingerprint density at radius 2 is 2.10 bits per heavy atom. The summed E-state index contributed by atoms with van der Waals surface area (Å²) in [7, 11) is 0. The maximum absolute atomic E-state index is 11.9. The fourth-order valence-corrected chi connectivity index (χ4v) is 2.63. The number of aliphatic carboxylic acids is 1. The quantitative estimate of drug-likeness (QED) is 0.470. The predicted molar refractivity (Wildman–Crippen MR) is 67.8 cm³/mol. The molecule has 0 aromatic carbocycles.